The molecule has 0 saturated carbocycles. The minimum Gasteiger partial charge on any atom is -0.324 e. The Kier molecular flexibility index (Phi) is 5.95. The van der Waals surface area contributed by atoms with Gasteiger partial charge in [0.2, 0.25) is 0 Å². The van der Waals surface area contributed by atoms with Gasteiger partial charge in [0.05, 0.1) is 6.61 Å². The number of hydrogen-bond acceptors (Lipinski definition) is 4. The molecule has 0 bridgehead atoms. The van der Waals surface area contributed by atoms with Crippen LogP contribution in [0.1, 0.15) is 20.3 Å². The van der Waals surface area contributed by atoms with Crippen LogP contribution in [0.4, 0.5) is 0 Å². The molecule has 0 aliphatic rings. The highest BCUT2D eigenvalue weighted by Crippen LogP contribution is 2.41. The summed E-state index contributed by atoms with van der Waals surface area (Å²) < 4.78 is 15.8. The van der Waals surface area contributed by atoms with E-state index in [9.17, 15) is 9.36 Å². The van der Waals surface area contributed by atoms with E-state index in [1.807, 2.05) is 13.8 Å². The van der Waals surface area contributed by atoms with E-state index < -0.39 is 19.7 Å². The first kappa shape index (κ1) is 13.6. The Bertz CT molecular complexity index is 230. The number of nitrogens with one attached hydrogen (secondary N) is 1. The average Bonchev–Trinajstić information content (AvgIpc) is 2.02. The molecule has 0 radical (unpaired) electrons. The van der Waals surface area contributed by atoms with Crippen LogP contribution in [0, 0.1) is 5.92 Å². The Morgan fingerprint density at radius 1 is 1.57 bits per heavy atom. The maximum atomic E-state index is 11.1. The van der Waals surface area contributed by atoms with E-state index in [0.29, 0.717) is 12.3 Å². The Morgan fingerprint density at radius 3 is 2.57 bits per heavy atom. The fourth-order valence-electron chi connectivity index (χ4n) is 0.694. The standard InChI is InChI=1S/C7H16NO5P/c1-6(2)3-4-13-14(11,12)5-7(9)8-10/h6,10H,3-5H2,1-2H3,(H,8,9)(H,11,12). The van der Waals surface area contributed by atoms with Gasteiger partial charge in [0.15, 0.2) is 0 Å². The number of hydroxylamine groups is 1. The second-order valence-corrected chi connectivity index (χ2v) is 5.20. The van der Waals surface area contributed by atoms with Crippen LogP contribution in [-0.2, 0) is 13.9 Å². The lowest BCUT2D eigenvalue weighted by molar-refractivity contribution is -0.126. The predicted molar refractivity (Wildman–Crippen MR) is 50.0 cm³/mol. The van der Waals surface area contributed by atoms with Gasteiger partial charge in [-0.3, -0.25) is 14.6 Å². The van der Waals surface area contributed by atoms with Gasteiger partial charge in [-0.25, -0.2) is 5.48 Å². The quantitative estimate of drug-likeness (QED) is 0.352. The van der Waals surface area contributed by atoms with Gasteiger partial charge in [-0.15, -0.1) is 0 Å². The van der Waals surface area contributed by atoms with Crippen molar-refractivity contribution in [1.29, 1.82) is 0 Å². The van der Waals surface area contributed by atoms with Crippen LogP contribution < -0.4 is 5.48 Å². The van der Waals surface area contributed by atoms with Crippen LogP contribution in [0.25, 0.3) is 0 Å². The summed E-state index contributed by atoms with van der Waals surface area (Å²) in [6, 6.07) is 0. The Morgan fingerprint density at radius 2 is 2.14 bits per heavy atom. The van der Waals surface area contributed by atoms with Crippen molar-refractivity contribution in [3.8, 4) is 0 Å². The zero-order valence-electron chi connectivity index (χ0n) is 8.27. The molecular formula is C7H16NO5P. The SMILES string of the molecule is CC(C)CCOP(=O)(O)CC(=O)NO. The third-order valence-corrected chi connectivity index (χ3v) is 2.73. The third kappa shape index (κ3) is 7.03. The van der Waals surface area contributed by atoms with Crippen LogP contribution in [0.3, 0.4) is 0 Å². The summed E-state index contributed by atoms with van der Waals surface area (Å²) in [5.74, 6) is -0.568. The lowest BCUT2D eigenvalue weighted by atomic mass is 10.2. The third-order valence-electron chi connectivity index (χ3n) is 1.46. The highest BCUT2D eigenvalue weighted by molar-refractivity contribution is 7.53. The average molecular weight is 225 g/mol. The van der Waals surface area contributed by atoms with E-state index in [1.165, 1.54) is 5.48 Å². The maximum absolute atomic E-state index is 11.1. The molecule has 0 aliphatic heterocycles. The number of carbonyl (C=O) groups is 1. The Balaban J connectivity index is 3.84. The van der Waals surface area contributed by atoms with E-state index in [4.69, 9.17) is 10.1 Å². The Hall–Kier alpha value is -0.420. The predicted octanol–water partition coefficient (Wildman–Crippen LogP) is 0.740. The highest BCUT2D eigenvalue weighted by Gasteiger charge is 2.23. The van der Waals surface area contributed by atoms with Crippen molar-refractivity contribution in [1.82, 2.24) is 5.48 Å². The van der Waals surface area contributed by atoms with Crippen LogP contribution in [0.15, 0.2) is 0 Å². The van der Waals surface area contributed by atoms with Gasteiger partial charge in [-0.1, -0.05) is 13.8 Å². The molecule has 0 fully saturated rings. The molecule has 1 amide bonds. The highest BCUT2D eigenvalue weighted by atomic mass is 31.2. The zero-order chi connectivity index (χ0) is 11.2. The van der Waals surface area contributed by atoms with E-state index >= 15 is 0 Å². The van der Waals surface area contributed by atoms with Crippen molar-refractivity contribution in [2.75, 3.05) is 12.8 Å². The second-order valence-electron chi connectivity index (χ2n) is 3.35. The summed E-state index contributed by atoms with van der Waals surface area (Å²) in [4.78, 5) is 19.6. The molecule has 6 nitrogen and oxygen atoms in total. The van der Waals surface area contributed by atoms with E-state index in [-0.39, 0.29) is 6.61 Å². The molecule has 0 saturated heterocycles. The fourth-order valence-corrected chi connectivity index (χ4v) is 1.61. The summed E-state index contributed by atoms with van der Waals surface area (Å²) >= 11 is 0. The Labute approximate surface area is 82.8 Å². The minimum absolute atomic E-state index is 0.129. The molecule has 0 aromatic heterocycles. The monoisotopic (exact) mass is 225 g/mol. The van der Waals surface area contributed by atoms with Crippen LogP contribution in [0.2, 0.25) is 0 Å². The first-order valence-corrected chi connectivity index (χ1v) is 6.03. The summed E-state index contributed by atoms with van der Waals surface area (Å²) in [6.07, 6.45) is -0.0765. The van der Waals surface area contributed by atoms with Gasteiger partial charge in [0.25, 0.3) is 5.91 Å². The summed E-state index contributed by atoms with van der Waals surface area (Å²) in [5, 5.41) is 8.12. The molecule has 1 unspecified atom stereocenters. The number of rotatable bonds is 6. The molecule has 0 aromatic carbocycles. The summed E-state index contributed by atoms with van der Waals surface area (Å²) in [7, 11) is -3.89. The molecule has 1 atom stereocenters. The minimum atomic E-state index is -3.89. The molecule has 0 rings (SSSR count). The maximum Gasteiger partial charge on any atom is 0.337 e. The normalized spacial score (nSPS) is 15.2. The molecule has 7 heteroatoms. The summed E-state index contributed by atoms with van der Waals surface area (Å²) in [5.41, 5.74) is 1.27. The van der Waals surface area contributed by atoms with Gasteiger partial charge in [-0.05, 0) is 12.3 Å². The fraction of sp³-hybridized carbons (Fsp3) is 0.857. The molecule has 0 spiro atoms. The molecule has 14 heavy (non-hydrogen) atoms. The van der Waals surface area contributed by atoms with Crippen molar-refractivity contribution >= 4 is 13.5 Å². The van der Waals surface area contributed by atoms with Crippen LogP contribution >= 0.6 is 7.60 Å². The molecule has 0 heterocycles. The van der Waals surface area contributed by atoms with Gasteiger partial charge in [0, 0.05) is 0 Å². The number of carbonyl (C=O) groups excluding carboxylic acids is 1. The molecule has 3 N–H and O–H groups in total. The molecule has 84 valence electrons. The van der Waals surface area contributed by atoms with Crippen molar-refractivity contribution in [3.05, 3.63) is 0 Å². The van der Waals surface area contributed by atoms with Gasteiger partial charge in [0.1, 0.15) is 6.16 Å². The van der Waals surface area contributed by atoms with Crippen molar-refractivity contribution in [3.63, 3.8) is 0 Å². The van der Waals surface area contributed by atoms with Crippen LogP contribution in [-0.4, -0.2) is 28.8 Å². The van der Waals surface area contributed by atoms with E-state index in [2.05, 4.69) is 4.52 Å². The smallest absolute Gasteiger partial charge is 0.324 e. The molecule has 0 aliphatic carbocycles. The topological polar surface area (TPSA) is 95.9 Å². The van der Waals surface area contributed by atoms with Gasteiger partial charge in [-0.2, -0.15) is 0 Å². The largest absolute Gasteiger partial charge is 0.337 e. The first-order valence-electron chi connectivity index (χ1n) is 4.26. The number of hydrogen-bond donors (Lipinski definition) is 3. The lowest BCUT2D eigenvalue weighted by Crippen LogP contribution is -2.23. The van der Waals surface area contributed by atoms with Gasteiger partial charge >= 0.3 is 7.60 Å². The second kappa shape index (κ2) is 6.14. The lowest BCUT2D eigenvalue weighted by Gasteiger charge is -2.11. The van der Waals surface area contributed by atoms with Crippen LogP contribution in [0.5, 0.6) is 0 Å². The molecular weight excluding hydrogens is 209 g/mol. The zero-order valence-corrected chi connectivity index (χ0v) is 9.16. The van der Waals surface area contributed by atoms with Crippen molar-refractivity contribution < 1.29 is 24.0 Å². The first-order chi connectivity index (χ1) is 6.37. The van der Waals surface area contributed by atoms with E-state index in [1.54, 1.807) is 0 Å². The number of amides is 1. The molecule has 0 aromatic rings. The summed E-state index contributed by atoms with van der Waals surface area (Å²) in [6.45, 7) is 4.03. The van der Waals surface area contributed by atoms with E-state index in [0.717, 1.165) is 0 Å². The van der Waals surface area contributed by atoms with Crippen molar-refractivity contribution in [2.45, 2.75) is 20.3 Å². The van der Waals surface area contributed by atoms with Crippen molar-refractivity contribution in [2.24, 2.45) is 5.92 Å². The van der Waals surface area contributed by atoms with Gasteiger partial charge < -0.3 is 9.42 Å².